The largest absolute Gasteiger partial charge is 0.462 e. The lowest BCUT2D eigenvalue weighted by molar-refractivity contribution is -0.402. The molecule has 1 aliphatic rings. The van der Waals surface area contributed by atoms with Crippen LogP contribution in [-0.2, 0) is 27.1 Å². The summed E-state index contributed by atoms with van der Waals surface area (Å²) in [7, 11) is 0. The summed E-state index contributed by atoms with van der Waals surface area (Å²) in [5.74, 6) is -3.16. The van der Waals surface area contributed by atoms with Gasteiger partial charge in [0.05, 0.1) is 18.2 Å². The van der Waals surface area contributed by atoms with Crippen LogP contribution in [0, 0.1) is 10.1 Å². The highest BCUT2D eigenvalue weighted by Gasteiger charge is 2.29. The zero-order valence-corrected chi connectivity index (χ0v) is 17.2. The Hall–Kier alpha value is -3.21. The molecule has 0 bridgehead atoms. The van der Waals surface area contributed by atoms with Gasteiger partial charge in [-0.2, -0.15) is 0 Å². The number of carbonyl (C=O) groups excluding carboxylic acids is 3. The smallest absolute Gasteiger partial charge is 0.433 e. The number of fused-ring (bicyclic) bond motifs is 1. The molecular weight excluding hydrogens is 416 g/mol. The van der Waals surface area contributed by atoms with Crippen LogP contribution in [0.2, 0.25) is 0 Å². The van der Waals surface area contributed by atoms with Crippen LogP contribution in [0.1, 0.15) is 58.0 Å². The molecule has 0 unspecified atom stereocenters. The normalized spacial score (nSPS) is 13.8. The number of rotatable bonds is 7. The molecule has 3 rings (SSSR count). The highest BCUT2D eigenvalue weighted by Crippen LogP contribution is 2.38. The van der Waals surface area contributed by atoms with Gasteiger partial charge in [-0.05, 0) is 51.2 Å². The van der Waals surface area contributed by atoms with E-state index < -0.39 is 34.8 Å². The zero-order valence-electron chi connectivity index (χ0n) is 16.4. The first-order chi connectivity index (χ1) is 14.3. The number of amides is 1. The minimum Gasteiger partial charge on any atom is -0.462 e. The van der Waals surface area contributed by atoms with Gasteiger partial charge >= 0.3 is 17.8 Å². The number of hydrogen-bond acceptors (Lipinski definition) is 9. The van der Waals surface area contributed by atoms with E-state index in [0.29, 0.717) is 10.6 Å². The molecule has 30 heavy (non-hydrogen) atoms. The number of thiophene rings is 1. The van der Waals surface area contributed by atoms with Crippen molar-refractivity contribution >= 4 is 40.1 Å². The third kappa shape index (κ3) is 4.51. The summed E-state index contributed by atoms with van der Waals surface area (Å²) in [6.07, 6.45) is 2.29. The van der Waals surface area contributed by atoms with Crippen molar-refractivity contribution in [2.45, 2.75) is 45.6 Å². The number of nitrogens with zero attached hydrogens (tertiary/aromatic N) is 1. The zero-order chi connectivity index (χ0) is 21.8. The summed E-state index contributed by atoms with van der Waals surface area (Å²) in [4.78, 5) is 48.0. The van der Waals surface area contributed by atoms with Crippen molar-refractivity contribution in [3.8, 4) is 0 Å². The van der Waals surface area contributed by atoms with Crippen LogP contribution in [-0.4, -0.2) is 35.5 Å². The van der Waals surface area contributed by atoms with Crippen molar-refractivity contribution in [3.63, 3.8) is 0 Å². The maximum atomic E-state index is 12.6. The van der Waals surface area contributed by atoms with Gasteiger partial charge in [0.2, 0.25) is 5.76 Å². The van der Waals surface area contributed by atoms with Gasteiger partial charge in [-0.3, -0.25) is 14.9 Å². The standard InChI is InChI=1S/C19H20N2O8S/c1-3-27-19(24)15-11-6-4-5-7-13(11)30-17(15)20-16(22)10(2)28-18(23)12-8-9-14(29-12)21(25)26/h8-10H,3-7H2,1-2H3,(H,20,22)/t10-/m1/s1. The Morgan fingerprint density at radius 2 is 2.00 bits per heavy atom. The van der Waals surface area contributed by atoms with Gasteiger partial charge in [0.15, 0.2) is 6.10 Å². The number of furan rings is 1. The van der Waals surface area contributed by atoms with Crippen LogP contribution in [0.15, 0.2) is 16.5 Å². The van der Waals surface area contributed by atoms with Crippen molar-refractivity contribution in [2.75, 3.05) is 11.9 Å². The third-order valence-electron chi connectivity index (χ3n) is 4.51. The number of nitro groups is 1. The van der Waals surface area contributed by atoms with Crippen LogP contribution < -0.4 is 5.32 Å². The second kappa shape index (κ2) is 9.08. The third-order valence-corrected chi connectivity index (χ3v) is 5.72. The van der Waals surface area contributed by atoms with E-state index in [2.05, 4.69) is 5.32 Å². The van der Waals surface area contributed by atoms with Gasteiger partial charge in [0, 0.05) is 4.88 Å². The highest BCUT2D eigenvalue weighted by atomic mass is 32.1. The van der Waals surface area contributed by atoms with Gasteiger partial charge in [0.25, 0.3) is 5.91 Å². The molecule has 1 atom stereocenters. The average molecular weight is 436 g/mol. The van der Waals surface area contributed by atoms with Gasteiger partial charge in [-0.15, -0.1) is 11.3 Å². The van der Waals surface area contributed by atoms with E-state index >= 15 is 0 Å². The Bertz CT molecular complexity index is 993. The molecule has 2 aromatic rings. The molecule has 2 aromatic heterocycles. The van der Waals surface area contributed by atoms with Gasteiger partial charge < -0.3 is 19.2 Å². The molecule has 1 aliphatic carbocycles. The maximum absolute atomic E-state index is 12.6. The lowest BCUT2D eigenvalue weighted by atomic mass is 9.95. The first-order valence-electron chi connectivity index (χ1n) is 9.39. The van der Waals surface area contributed by atoms with E-state index in [-0.39, 0.29) is 12.4 Å². The predicted octanol–water partition coefficient (Wildman–Crippen LogP) is 3.49. The van der Waals surface area contributed by atoms with Gasteiger partial charge in [0.1, 0.15) is 9.92 Å². The molecule has 0 fully saturated rings. The molecule has 0 radical (unpaired) electrons. The highest BCUT2D eigenvalue weighted by molar-refractivity contribution is 7.17. The van der Waals surface area contributed by atoms with Crippen molar-refractivity contribution in [2.24, 2.45) is 0 Å². The van der Waals surface area contributed by atoms with E-state index in [9.17, 15) is 24.5 Å². The Balaban J connectivity index is 1.73. The molecule has 0 saturated heterocycles. The summed E-state index contributed by atoms with van der Waals surface area (Å²) in [6.45, 7) is 3.26. The van der Waals surface area contributed by atoms with Gasteiger partial charge in [-0.25, -0.2) is 9.59 Å². The SMILES string of the molecule is CCOC(=O)c1c(NC(=O)[C@@H](C)OC(=O)c2ccc([N+](=O)[O-])o2)sc2c1CCCC2. The number of hydrogen-bond donors (Lipinski definition) is 1. The lowest BCUT2D eigenvalue weighted by Crippen LogP contribution is -2.30. The number of anilines is 1. The van der Waals surface area contributed by atoms with E-state index in [1.807, 2.05) is 0 Å². The van der Waals surface area contributed by atoms with E-state index in [4.69, 9.17) is 13.9 Å². The van der Waals surface area contributed by atoms with Crippen LogP contribution >= 0.6 is 11.3 Å². The molecule has 0 saturated carbocycles. The molecular formula is C19H20N2O8S. The molecule has 0 aromatic carbocycles. The van der Waals surface area contributed by atoms with Gasteiger partial charge in [-0.1, -0.05) is 0 Å². The quantitative estimate of drug-likeness (QED) is 0.395. The Morgan fingerprint density at radius 3 is 2.67 bits per heavy atom. The van der Waals surface area contributed by atoms with E-state index in [1.54, 1.807) is 6.92 Å². The number of carbonyl (C=O) groups is 3. The van der Waals surface area contributed by atoms with Crippen LogP contribution in [0.4, 0.5) is 10.9 Å². The monoisotopic (exact) mass is 436 g/mol. The fraction of sp³-hybridized carbons (Fsp3) is 0.421. The van der Waals surface area contributed by atoms with Crippen molar-refractivity contribution < 1.29 is 33.2 Å². The fourth-order valence-electron chi connectivity index (χ4n) is 3.09. The summed E-state index contributed by atoms with van der Waals surface area (Å²) < 4.78 is 15.0. The molecule has 0 aliphatic heterocycles. The molecule has 1 amide bonds. The van der Waals surface area contributed by atoms with Crippen LogP contribution in [0.5, 0.6) is 0 Å². The average Bonchev–Trinajstić information content (AvgIpc) is 3.33. The maximum Gasteiger partial charge on any atom is 0.433 e. The van der Waals surface area contributed by atoms with Crippen molar-refractivity contribution in [1.82, 2.24) is 0 Å². The molecule has 11 heteroatoms. The number of esters is 2. The lowest BCUT2D eigenvalue weighted by Gasteiger charge is -2.14. The number of nitrogens with one attached hydrogen (secondary N) is 1. The Morgan fingerprint density at radius 1 is 1.27 bits per heavy atom. The van der Waals surface area contributed by atoms with E-state index in [0.717, 1.165) is 48.3 Å². The summed E-state index contributed by atoms with van der Waals surface area (Å²) >= 11 is 1.32. The Kier molecular flexibility index (Phi) is 6.50. The molecule has 160 valence electrons. The number of aryl methyl sites for hydroxylation is 1. The topological polar surface area (TPSA) is 138 Å². The van der Waals surface area contributed by atoms with Crippen LogP contribution in [0.3, 0.4) is 0 Å². The molecule has 10 nitrogen and oxygen atoms in total. The Labute approximate surface area is 175 Å². The second-order valence-electron chi connectivity index (χ2n) is 6.57. The minimum absolute atomic E-state index is 0.208. The summed E-state index contributed by atoms with van der Waals surface area (Å²) in [5.41, 5.74) is 1.25. The first-order valence-corrected chi connectivity index (χ1v) is 10.2. The fourth-order valence-corrected chi connectivity index (χ4v) is 4.37. The van der Waals surface area contributed by atoms with Crippen molar-refractivity contribution in [1.29, 1.82) is 0 Å². The minimum atomic E-state index is -1.23. The second-order valence-corrected chi connectivity index (χ2v) is 7.67. The molecule has 0 spiro atoms. The number of ether oxygens (including phenoxy) is 2. The predicted molar refractivity (Wildman–Crippen MR) is 106 cm³/mol. The summed E-state index contributed by atoms with van der Waals surface area (Å²) in [6, 6.07) is 2.11. The van der Waals surface area contributed by atoms with Crippen molar-refractivity contribution in [3.05, 3.63) is 44.0 Å². The first kappa shape index (κ1) is 21.5. The molecule has 1 N–H and O–H groups in total. The molecule has 2 heterocycles. The van der Waals surface area contributed by atoms with E-state index in [1.165, 1.54) is 18.3 Å². The van der Waals surface area contributed by atoms with Crippen LogP contribution in [0.25, 0.3) is 0 Å². The summed E-state index contributed by atoms with van der Waals surface area (Å²) in [5, 5.41) is 13.7.